The maximum absolute atomic E-state index is 12.7. The zero-order chi connectivity index (χ0) is 25.5. The van der Waals surface area contributed by atoms with Crippen LogP contribution in [0, 0.1) is 0 Å². The van der Waals surface area contributed by atoms with Crippen LogP contribution in [0.4, 0.5) is 5.69 Å². The fourth-order valence-electron chi connectivity index (χ4n) is 4.52. The highest BCUT2D eigenvalue weighted by molar-refractivity contribution is 5.92. The molecule has 0 radical (unpaired) electrons. The van der Waals surface area contributed by atoms with Gasteiger partial charge in [0.15, 0.2) is 0 Å². The van der Waals surface area contributed by atoms with Crippen LogP contribution in [0.5, 0.6) is 11.5 Å². The van der Waals surface area contributed by atoms with Crippen molar-refractivity contribution in [3.8, 4) is 11.5 Å². The van der Waals surface area contributed by atoms with Crippen LogP contribution in [0.1, 0.15) is 35.7 Å². The van der Waals surface area contributed by atoms with Crippen LogP contribution < -0.4 is 10.1 Å². The number of hydrogen-bond donors (Lipinski definition) is 2. The molecule has 3 aromatic carbocycles. The van der Waals surface area contributed by atoms with Gasteiger partial charge in [-0.25, -0.2) is 4.79 Å². The van der Waals surface area contributed by atoms with E-state index in [1.807, 2.05) is 73.8 Å². The molecule has 3 aromatic rings. The maximum Gasteiger partial charge on any atom is 0.336 e. The zero-order valence-electron chi connectivity index (χ0n) is 20.8. The van der Waals surface area contributed by atoms with Crippen molar-refractivity contribution in [2.75, 3.05) is 32.0 Å². The number of carbonyl (C=O) groups excluding carboxylic acids is 1. The summed E-state index contributed by atoms with van der Waals surface area (Å²) in [6.45, 7) is 4.80. The number of aromatic carboxylic acids is 1. The first-order chi connectivity index (χ1) is 17.3. The minimum atomic E-state index is -0.892. The van der Waals surface area contributed by atoms with Crippen molar-refractivity contribution < 1.29 is 19.4 Å². The summed E-state index contributed by atoms with van der Waals surface area (Å²) in [5.74, 6) is 0.521. The third-order valence-electron chi connectivity index (χ3n) is 6.99. The summed E-state index contributed by atoms with van der Waals surface area (Å²) < 4.78 is 5.81. The van der Waals surface area contributed by atoms with E-state index < -0.39 is 5.97 Å². The van der Waals surface area contributed by atoms with Gasteiger partial charge in [-0.2, -0.15) is 0 Å². The van der Waals surface area contributed by atoms with Crippen LogP contribution in [0.15, 0.2) is 78.9 Å². The molecule has 1 heterocycles. The van der Waals surface area contributed by atoms with E-state index in [1.165, 1.54) is 0 Å². The van der Waals surface area contributed by atoms with Crippen LogP contribution >= 0.6 is 0 Å². The minimum absolute atomic E-state index is 0.0618. The molecule has 0 bridgehead atoms. The average molecular weight is 488 g/mol. The van der Waals surface area contributed by atoms with E-state index in [1.54, 1.807) is 12.1 Å². The number of likely N-dealkylation sites (tertiary alicyclic amines) is 1. The first kappa shape index (κ1) is 25.4. The van der Waals surface area contributed by atoms with Gasteiger partial charge in [0.2, 0.25) is 5.91 Å². The smallest absolute Gasteiger partial charge is 0.336 e. The zero-order valence-corrected chi connectivity index (χ0v) is 20.8. The maximum atomic E-state index is 12.7. The number of nitrogens with zero attached hydrogens (tertiary/aromatic N) is 2. The highest BCUT2D eigenvalue weighted by Gasteiger charge is 2.34. The van der Waals surface area contributed by atoms with Gasteiger partial charge in [0, 0.05) is 30.9 Å². The molecule has 188 valence electrons. The number of nitrogens with one attached hydrogen (secondary N) is 1. The lowest BCUT2D eigenvalue weighted by Gasteiger charge is -2.45. The summed E-state index contributed by atoms with van der Waals surface area (Å²) in [4.78, 5) is 28.7. The molecule has 7 heteroatoms. The molecule has 36 heavy (non-hydrogen) atoms. The van der Waals surface area contributed by atoms with Gasteiger partial charge in [0.25, 0.3) is 0 Å². The van der Waals surface area contributed by atoms with Crippen molar-refractivity contribution >= 4 is 17.6 Å². The summed E-state index contributed by atoms with van der Waals surface area (Å²) in [6.07, 6.45) is 1.80. The summed E-state index contributed by atoms with van der Waals surface area (Å²) in [7, 11) is 1.99. The van der Waals surface area contributed by atoms with Crippen molar-refractivity contribution in [1.82, 2.24) is 9.80 Å². The molecule has 0 unspecified atom stereocenters. The molecule has 2 N–H and O–H groups in total. The third kappa shape index (κ3) is 6.50. The molecule has 7 nitrogen and oxygen atoms in total. The lowest BCUT2D eigenvalue weighted by molar-refractivity contribution is -0.118. The lowest BCUT2D eigenvalue weighted by Crippen LogP contribution is -2.53. The highest BCUT2D eigenvalue weighted by atomic mass is 16.5. The van der Waals surface area contributed by atoms with Gasteiger partial charge in [-0.1, -0.05) is 36.4 Å². The monoisotopic (exact) mass is 487 g/mol. The third-order valence-corrected chi connectivity index (χ3v) is 6.99. The highest BCUT2D eigenvalue weighted by Crippen LogP contribution is 2.29. The summed E-state index contributed by atoms with van der Waals surface area (Å²) in [5.41, 5.74) is 1.82. The number of likely N-dealkylation sites (N-methyl/N-ethyl adjacent to an activating group) is 1. The molecule has 1 fully saturated rings. The normalized spacial score (nSPS) is 15.4. The topological polar surface area (TPSA) is 82.1 Å². The molecule has 0 aromatic heterocycles. The molecule has 1 aliphatic heterocycles. The van der Waals surface area contributed by atoms with E-state index in [0.29, 0.717) is 24.4 Å². The Bertz CT molecular complexity index is 1170. The Morgan fingerprint density at radius 1 is 0.944 bits per heavy atom. The Balaban J connectivity index is 1.26. The number of carbonyl (C=O) groups is 2. The SMILES string of the molecule is CN(CC(=O)Nc1ccc(Oc2ccccc2)cc1)C1(C)CCN(Cc2ccccc2C(=O)O)CC1. The van der Waals surface area contributed by atoms with Crippen molar-refractivity contribution in [3.05, 3.63) is 90.0 Å². The molecular formula is C29H33N3O4. The van der Waals surface area contributed by atoms with Crippen molar-refractivity contribution in [2.24, 2.45) is 0 Å². The Morgan fingerprint density at radius 2 is 1.56 bits per heavy atom. The fourth-order valence-corrected chi connectivity index (χ4v) is 4.52. The standard InChI is InChI=1S/C29H33N3O4/c1-29(16-18-32(19-17-29)20-22-8-6-7-11-26(22)28(34)35)31(2)21-27(33)30-23-12-14-25(15-13-23)36-24-9-4-3-5-10-24/h3-15H,16-21H2,1-2H3,(H,30,33)(H,34,35). The average Bonchev–Trinajstić information content (AvgIpc) is 2.87. The van der Waals surface area contributed by atoms with E-state index in [4.69, 9.17) is 4.74 Å². The predicted octanol–water partition coefficient (Wildman–Crippen LogP) is 5.10. The molecule has 4 rings (SSSR count). The number of hydrogen-bond acceptors (Lipinski definition) is 5. The molecule has 0 atom stereocenters. The first-order valence-electron chi connectivity index (χ1n) is 12.2. The summed E-state index contributed by atoms with van der Waals surface area (Å²) in [5, 5.41) is 12.4. The van der Waals surface area contributed by atoms with Crippen LogP contribution in [0.25, 0.3) is 0 Å². The quantitative estimate of drug-likeness (QED) is 0.437. The molecule has 1 saturated heterocycles. The number of para-hydroxylation sites is 1. The number of carboxylic acids is 1. The fraction of sp³-hybridized carbons (Fsp3) is 0.310. The number of anilines is 1. The number of carboxylic acid groups (broad SMARTS) is 1. The van der Waals surface area contributed by atoms with Crippen LogP contribution in [0.3, 0.4) is 0 Å². The van der Waals surface area contributed by atoms with Gasteiger partial charge >= 0.3 is 5.97 Å². The molecule has 1 amide bonds. The number of rotatable bonds is 9. The van der Waals surface area contributed by atoms with Crippen LogP contribution in [-0.4, -0.2) is 59.0 Å². The van der Waals surface area contributed by atoms with Gasteiger partial charge in [-0.3, -0.25) is 14.6 Å². The van der Waals surface area contributed by atoms with Gasteiger partial charge in [0.1, 0.15) is 11.5 Å². The van der Waals surface area contributed by atoms with Gasteiger partial charge in [-0.05, 0) is 74.8 Å². The molecule has 1 aliphatic rings. The second-order valence-electron chi connectivity index (χ2n) is 9.58. The lowest BCUT2D eigenvalue weighted by atomic mass is 9.87. The second-order valence-corrected chi connectivity index (χ2v) is 9.58. The molecular weight excluding hydrogens is 454 g/mol. The Kier molecular flexibility index (Phi) is 8.03. The number of ether oxygens (including phenoxy) is 1. The summed E-state index contributed by atoms with van der Waals surface area (Å²) >= 11 is 0. The molecule has 0 saturated carbocycles. The van der Waals surface area contributed by atoms with Crippen LogP contribution in [0.2, 0.25) is 0 Å². The van der Waals surface area contributed by atoms with E-state index in [0.717, 1.165) is 42.9 Å². The van der Waals surface area contributed by atoms with E-state index in [9.17, 15) is 14.7 Å². The van der Waals surface area contributed by atoms with Crippen molar-refractivity contribution in [2.45, 2.75) is 31.8 Å². The second kappa shape index (κ2) is 11.4. The summed E-state index contributed by atoms with van der Waals surface area (Å²) in [6, 6.07) is 24.1. The molecule has 0 spiro atoms. The van der Waals surface area contributed by atoms with E-state index in [-0.39, 0.29) is 11.4 Å². The van der Waals surface area contributed by atoms with Crippen LogP contribution in [-0.2, 0) is 11.3 Å². The van der Waals surface area contributed by atoms with Crippen molar-refractivity contribution in [1.29, 1.82) is 0 Å². The number of benzene rings is 3. The largest absolute Gasteiger partial charge is 0.478 e. The number of piperidine rings is 1. The Hall–Kier alpha value is -3.68. The van der Waals surface area contributed by atoms with E-state index >= 15 is 0 Å². The van der Waals surface area contributed by atoms with Gasteiger partial charge < -0.3 is 15.2 Å². The van der Waals surface area contributed by atoms with E-state index in [2.05, 4.69) is 22.0 Å². The van der Waals surface area contributed by atoms with Crippen molar-refractivity contribution in [3.63, 3.8) is 0 Å². The van der Waals surface area contributed by atoms with Gasteiger partial charge in [-0.15, -0.1) is 0 Å². The van der Waals surface area contributed by atoms with Gasteiger partial charge in [0.05, 0.1) is 12.1 Å². The number of amides is 1. The Morgan fingerprint density at radius 3 is 2.22 bits per heavy atom. The minimum Gasteiger partial charge on any atom is -0.478 e. The first-order valence-corrected chi connectivity index (χ1v) is 12.2. The molecule has 0 aliphatic carbocycles. The Labute approximate surface area is 212 Å². The predicted molar refractivity (Wildman–Crippen MR) is 141 cm³/mol.